The number of carbonyl (C=O) groups excluding carboxylic acids is 1. The quantitative estimate of drug-likeness (QED) is 0.735. The lowest BCUT2D eigenvalue weighted by atomic mass is 10.2. The fourth-order valence-corrected chi connectivity index (χ4v) is 3.57. The summed E-state index contributed by atoms with van der Waals surface area (Å²) in [7, 11) is 2.00. The Balaban J connectivity index is 1.84. The molecule has 5 heteroatoms. The number of carbonyl (C=O) groups is 1. The molecule has 0 aliphatic carbocycles. The second-order valence-corrected chi connectivity index (χ2v) is 6.04. The van der Waals surface area contributed by atoms with Crippen molar-refractivity contribution < 1.29 is 9.18 Å². The molecule has 0 spiro atoms. The molecule has 3 aromatic rings. The van der Waals surface area contributed by atoms with Gasteiger partial charge in [0.05, 0.1) is 22.6 Å². The van der Waals surface area contributed by atoms with Crippen molar-refractivity contribution in [2.75, 3.05) is 17.3 Å². The monoisotopic (exact) mass is 323 g/mol. The maximum Gasteiger partial charge on any atom is 0.150 e. The van der Waals surface area contributed by atoms with Crippen LogP contribution in [0.25, 0.3) is 10.9 Å². The van der Waals surface area contributed by atoms with E-state index in [0.717, 1.165) is 28.7 Å². The number of para-hydroxylation sites is 1. The van der Waals surface area contributed by atoms with Crippen LogP contribution in [0.4, 0.5) is 15.8 Å². The van der Waals surface area contributed by atoms with Crippen molar-refractivity contribution >= 4 is 28.6 Å². The van der Waals surface area contributed by atoms with E-state index in [2.05, 4.69) is 10.2 Å². The average molecular weight is 323 g/mol. The van der Waals surface area contributed by atoms with Crippen molar-refractivity contribution in [3.63, 3.8) is 0 Å². The van der Waals surface area contributed by atoms with E-state index in [1.54, 1.807) is 12.1 Å². The Hall–Kier alpha value is -2.82. The summed E-state index contributed by atoms with van der Waals surface area (Å²) in [6, 6.07) is 12.8. The molecule has 1 aliphatic rings. The smallest absolute Gasteiger partial charge is 0.150 e. The summed E-state index contributed by atoms with van der Waals surface area (Å²) in [5.74, 6) is -0.206. The zero-order valence-electron chi connectivity index (χ0n) is 13.6. The van der Waals surface area contributed by atoms with Gasteiger partial charge in [-0.1, -0.05) is 12.1 Å². The summed E-state index contributed by atoms with van der Waals surface area (Å²) in [6.07, 6.45) is 0.738. The maximum absolute atomic E-state index is 14.3. The first-order valence-corrected chi connectivity index (χ1v) is 8.00. The van der Waals surface area contributed by atoms with Gasteiger partial charge in [0, 0.05) is 24.5 Å². The van der Waals surface area contributed by atoms with Gasteiger partial charge in [-0.2, -0.15) is 0 Å². The number of aryl methyl sites for hydroxylation is 1. The van der Waals surface area contributed by atoms with Gasteiger partial charge in [-0.25, -0.2) is 4.39 Å². The van der Waals surface area contributed by atoms with E-state index in [-0.39, 0.29) is 12.0 Å². The minimum atomic E-state index is -0.206. The van der Waals surface area contributed by atoms with E-state index in [0.29, 0.717) is 17.6 Å². The van der Waals surface area contributed by atoms with Crippen LogP contribution < -0.4 is 10.2 Å². The summed E-state index contributed by atoms with van der Waals surface area (Å²) in [6.45, 7) is 2.70. The van der Waals surface area contributed by atoms with Crippen LogP contribution in [0.15, 0.2) is 42.5 Å². The van der Waals surface area contributed by atoms with Gasteiger partial charge in [-0.3, -0.25) is 4.79 Å². The fraction of sp³-hybridized carbons (Fsp3) is 0.211. The fourth-order valence-electron chi connectivity index (χ4n) is 3.57. The van der Waals surface area contributed by atoms with Crippen LogP contribution in [0, 0.1) is 5.82 Å². The number of aldehydes is 1. The van der Waals surface area contributed by atoms with Crippen LogP contribution in [0.1, 0.15) is 29.1 Å². The first-order valence-electron chi connectivity index (χ1n) is 8.00. The summed E-state index contributed by atoms with van der Waals surface area (Å²) in [5.41, 5.74) is 4.22. The molecule has 4 nitrogen and oxygen atoms in total. The van der Waals surface area contributed by atoms with E-state index in [1.165, 1.54) is 6.07 Å². The van der Waals surface area contributed by atoms with Gasteiger partial charge >= 0.3 is 0 Å². The predicted octanol–water partition coefficient (Wildman–Crippen LogP) is 4.17. The lowest BCUT2D eigenvalue weighted by molar-refractivity contribution is 0.112. The highest BCUT2D eigenvalue weighted by Gasteiger charge is 2.30. The van der Waals surface area contributed by atoms with E-state index in [1.807, 2.05) is 42.8 Å². The van der Waals surface area contributed by atoms with Gasteiger partial charge in [0.1, 0.15) is 18.3 Å². The van der Waals surface area contributed by atoms with Crippen molar-refractivity contribution in [3.8, 4) is 0 Å². The molecule has 1 aromatic heterocycles. The standard InChI is InChI=1S/C19H18FN3O/c1-3-23-17(10-13-5-4-6-14(20)18(13)23)19-21-15-9-12(11-24)7-8-16(15)22(19)2/h4-11,19,21H,3H2,1-2H3. The molecule has 2 heterocycles. The zero-order valence-corrected chi connectivity index (χ0v) is 13.6. The number of nitrogens with zero attached hydrogens (tertiary/aromatic N) is 2. The molecule has 1 unspecified atom stereocenters. The number of hydrogen-bond donors (Lipinski definition) is 1. The Kier molecular flexibility index (Phi) is 3.30. The Morgan fingerprint density at radius 3 is 2.83 bits per heavy atom. The van der Waals surface area contributed by atoms with E-state index in [4.69, 9.17) is 0 Å². The number of hydrogen-bond acceptors (Lipinski definition) is 3. The van der Waals surface area contributed by atoms with Crippen LogP contribution in [-0.4, -0.2) is 17.9 Å². The topological polar surface area (TPSA) is 37.3 Å². The first-order chi connectivity index (χ1) is 11.6. The molecule has 1 atom stereocenters. The molecular formula is C19H18FN3O. The molecular weight excluding hydrogens is 305 g/mol. The van der Waals surface area contributed by atoms with Crippen molar-refractivity contribution in [1.29, 1.82) is 0 Å². The zero-order chi connectivity index (χ0) is 16.8. The van der Waals surface area contributed by atoms with Gasteiger partial charge in [0.15, 0.2) is 0 Å². The molecule has 4 rings (SSSR count). The lowest BCUT2D eigenvalue weighted by Gasteiger charge is -2.23. The summed E-state index contributed by atoms with van der Waals surface area (Å²) < 4.78 is 16.3. The highest BCUT2D eigenvalue weighted by atomic mass is 19.1. The third-order valence-corrected chi connectivity index (χ3v) is 4.72. The summed E-state index contributed by atoms with van der Waals surface area (Å²) in [5, 5.41) is 4.35. The van der Waals surface area contributed by atoms with Crippen LogP contribution in [-0.2, 0) is 6.54 Å². The Morgan fingerprint density at radius 1 is 1.25 bits per heavy atom. The second-order valence-electron chi connectivity index (χ2n) is 6.04. The molecule has 122 valence electrons. The molecule has 24 heavy (non-hydrogen) atoms. The molecule has 0 saturated heterocycles. The van der Waals surface area contributed by atoms with Crippen LogP contribution >= 0.6 is 0 Å². The number of anilines is 2. The third-order valence-electron chi connectivity index (χ3n) is 4.72. The molecule has 0 bridgehead atoms. The number of rotatable bonds is 3. The van der Waals surface area contributed by atoms with Crippen molar-refractivity contribution in [2.45, 2.75) is 19.6 Å². The van der Waals surface area contributed by atoms with Gasteiger partial charge in [0.25, 0.3) is 0 Å². The van der Waals surface area contributed by atoms with Gasteiger partial charge < -0.3 is 14.8 Å². The second kappa shape index (κ2) is 5.37. The number of fused-ring (bicyclic) bond motifs is 2. The highest BCUT2D eigenvalue weighted by Crippen LogP contribution is 2.41. The number of halogens is 1. The normalized spacial score (nSPS) is 16.3. The van der Waals surface area contributed by atoms with Crippen molar-refractivity contribution in [2.24, 2.45) is 0 Å². The largest absolute Gasteiger partial charge is 0.359 e. The van der Waals surface area contributed by atoms with Gasteiger partial charge in [-0.05, 0) is 37.3 Å². The molecule has 0 saturated carbocycles. The molecule has 2 aromatic carbocycles. The molecule has 0 amide bonds. The number of benzene rings is 2. The molecule has 1 aliphatic heterocycles. The predicted molar refractivity (Wildman–Crippen MR) is 94.2 cm³/mol. The van der Waals surface area contributed by atoms with Crippen LogP contribution in [0.2, 0.25) is 0 Å². The van der Waals surface area contributed by atoms with Gasteiger partial charge in [-0.15, -0.1) is 0 Å². The van der Waals surface area contributed by atoms with E-state index in [9.17, 15) is 9.18 Å². The number of aromatic nitrogens is 1. The Bertz CT molecular complexity index is 947. The Labute approximate surface area is 139 Å². The first kappa shape index (κ1) is 14.8. The van der Waals surface area contributed by atoms with Crippen molar-refractivity contribution in [3.05, 3.63) is 59.5 Å². The van der Waals surface area contributed by atoms with Crippen molar-refractivity contribution in [1.82, 2.24) is 4.57 Å². The van der Waals surface area contributed by atoms with Crippen LogP contribution in [0.3, 0.4) is 0 Å². The maximum atomic E-state index is 14.3. The average Bonchev–Trinajstić information content (AvgIpc) is 3.13. The Morgan fingerprint density at radius 2 is 2.08 bits per heavy atom. The van der Waals surface area contributed by atoms with Crippen LogP contribution in [0.5, 0.6) is 0 Å². The molecule has 0 radical (unpaired) electrons. The minimum absolute atomic E-state index is 0.103. The third kappa shape index (κ3) is 2.01. The SMILES string of the molecule is CCn1c(C2Nc3cc(C=O)ccc3N2C)cc2cccc(F)c21. The lowest BCUT2D eigenvalue weighted by Crippen LogP contribution is -2.26. The summed E-state index contributed by atoms with van der Waals surface area (Å²) >= 11 is 0. The van der Waals surface area contributed by atoms with E-state index >= 15 is 0 Å². The van der Waals surface area contributed by atoms with E-state index < -0.39 is 0 Å². The van der Waals surface area contributed by atoms with Gasteiger partial charge in [0.2, 0.25) is 0 Å². The molecule has 1 N–H and O–H groups in total. The number of nitrogens with one attached hydrogen (secondary N) is 1. The minimum Gasteiger partial charge on any atom is -0.359 e. The summed E-state index contributed by atoms with van der Waals surface area (Å²) in [4.78, 5) is 13.1. The molecule has 0 fully saturated rings. The highest BCUT2D eigenvalue weighted by molar-refractivity contribution is 5.86.